The summed E-state index contributed by atoms with van der Waals surface area (Å²) < 4.78 is 41.5. The maximum Gasteiger partial charge on any atom is 0.294 e. The summed E-state index contributed by atoms with van der Waals surface area (Å²) in [5, 5.41) is 5.01. The Balaban J connectivity index is 3.08. The summed E-state index contributed by atoms with van der Waals surface area (Å²) in [5.74, 6) is -1.19. The maximum atomic E-state index is 12.0. The SMILES string of the molecule is COCCNC(=O)c1cc(C(=O)NCCOC)cc(S(=O)(=O)O)c1. The monoisotopic (exact) mass is 360 g/mol. The van der Waals surface area contributed by atoms with Gasteiger partial charge in [-0.3, -0.25) is 14.1 Å². The van der Waals surface area contributed by atoms with E-state index in [1.807, 2.05) is 0 Å². The number of ether oxygens (including phenoxy) is 2. The van der Waals surface area contributed by atoms with Gasteiger partial charge >= 0.3 is 0 Å². The van der Waals surface area contributed by atoms with Crippen molar-refractivity contribution in [2.24, 2.45) is 0 Å². The van der Waals surface area contributed by atoms with Crippen LogP contribution in [0.1, 0.15) is 20.7 Å². The van der Waals surface area contributed by atoms with E-state index in [1.165, 1.54) is 20.3 Å². The summed E-state index contributed by atoms with van der Waals surface area (Å²) >= 11 is 0. The van der Waals surface area contributed by atoms with Crippen molar-refractivity contribution in [1.82, 2.24) is 10.6 Å². The second-order valence-electron chi connectivity index (χ2n) is 4.72. The molecule has 0 fully saturated rings. The Labute approximate surface area is 140 Å². The number of benzene rings is 1. The molecular weight excluding hydrogens is 340 g/mol. The van der Waals surface area contributed by atoms with Crippen molar-refractivity contribution in [3.05, 3.63) is 29.3 Å². The van der Waals surface area contributed by atoms with Crippen LogP contribution >= 0.6 is 0 Å². The first-order valence-electron chi connectivity index (χ1n) is 6.96. The second kappa shape index (κ2) is 9.33. The summed E-state index contributed by atoms with van der Waals surface area (Å²) in [4.78, 5) is 23.5. The Kier molecular flexibility index (Phi) is 7.79. The summed E-state index contributed by atoms with van der Waals surface area (Å²) in [6, 6.07) is 3.21. The van der Waals surface area contributed by atoms with Gasteiger partial charge in [0.05, 0.1) is 18.1 Å². The van der Waals surface area contributed by atoms with Gasteiger partial charge in [-0.25, -0.2) is 0 Å². The summed E-state index contributed by atoms with van der Waals surface area (Å²) in [6.45, 7) is 0.962. The third-order valence-electron chi connectivity index (χ3n) is 2.91. The molecule has 0 saturated carbocycles. The quantitative estimate of drug-likeness (QED) is 0.406. The molecule has 3 N–H and O–H groups in total. The standard InChI is InChI=1S/C14H20N2O7S/c1-22-5-3-15-13(17)10-7-11(14(18)16-4-6-23-2)9-12(8-10)24(19,20)21/h7-9H,3-6H2,1-2H3,(H,15,17)(H,16,18)(H,19,20,21). The van der Waals surface area contributed by atoms with Crippen molar-refractivity contribution in [2.45, 2.75) is 4.90 Å². The average molecular weight is 360 g/mol. The molecule has 0 bridgehead atoms. The number of amides is 2. The molecule has 0 spiro atoms. The first kappa shape index (κ1) is 20.0. The maximum absolute atomic E-state index is 12.0. The van der Waals surface area contributed by atoms with Crippen LogP contribution in [0.3, 0.4) is 0 Å². The zero-order valence-corrected chi connectivity index (χ0v) is 14.2. The van der Waals surface area contributed by atoms with E-state index in [9.17, 15) is 22.6 Å². The summed E-state index contributed by atoms with van der Waals surface area (Å²) in [5.41, 5.74) is -0.142. The van der Waals surface area contributed by atoms with Crippen LogP contribution in [-0.2, 0) is 19.6 Å². The topological polar surface area (TPSA) is 131 Å². The van der Waals surface area contributed by atoms with Crippen LogP contribution in [0.2, 0.25) is 0 Å². The van der Waals surface area contributed by atoms with E-state index in [0.717, 1.165) is 12.1 Å². The van der Waals surface area contributed by atoms with Crippen LogP contribution in [0, 0.1) is 0 Å². The largest absolute Gasteiger partial charge is 0.383 e. The minimum atomic E-state index is -4.57. The molecule has 0 aliphatic rings. The molecule has 0 saturated heterocycles. The van der Waals surface area contributed by atoms with Crippen molar-refractivity contribution in [3.63, 3.8) is 0 Å². The molecule has 1 aromatic rings. The predicted octanol–water partition coefficient (Wildman–Crippen LogP) is -0.314. The predicted molar refractivity (Wildman–Crippen MR) is 84.7 cm³/mol. The highest BCUT2D eigenvalue weighted by Gasteiger charge is 2.18. The molecule has 24 heavy (non-hydrogen) atoms. The fraction of sp³-hybridized carbons (Fsp3) is 0.429. The molecule has 9 nitrogen and oxygen atoms in total. The first-order chi connectivity index (χ1) is 11.3. The normalized spacial score (nSPS) is 11.1. The van der Waals surface area contributed by atoms with Crippen molar-refractivity contribution in [2.75, 3.05) is 40.5 Å². The van der Waals surface area contributed by atoms with Gasteiger partial charge in [0.15, 0.2) is 0 Å². The molecule has 0 aliphatic heterocycles. The van der Waals surface area contributed by atoms with Gasteiger partial charge in [-0.15, -0.1) is 0 Å². The van der Waals surface area contributed by atoms with E-state index in [2.05, 4.69) is 10.6 Å². The highest BCUT2D eigenvalue weighted by Crippen LogP contribution is 2.15. The molecule has 134 valence electrons. The van der Waals surface area contributed by atoms with Crippen molar-refractivity contribution in [1.29, 1.82) is 0 Å². The van der Waals surface area contributed by atoms with Gasteiger partial charge in [0.25, 0.3) is 21.9 Å². The van der Waals surface area contributed by atoms with E-state index >= 15 is 0 Å². The van der Waals surface area contributed by atoms with Crippen LogP contribution in [0.5, 0.6) is 0 Å². The van der Waals surface area contributed by atoms with E-state index < -0.39 is 26.8 Å². The minimum Gasteiger partial charge on any atom is -0.383 e. The number of nitrogens with one attached hydrogen (secondary N) is 2. The van der Waals surface area contributed by atoms with Gasteiger partial charge < -0.3 is 20.1 Å². The number of carbonyl (C=O) groups is 2. The second-order valence-corrected chi connectivity index (χ2v) is 6.14. The van der Waals surface area contributed by atoms with Crippen molar-refractivity contribution in [3.8, 4) is 0 Å². The third kappa shape index (κ3) is 6.24. The van der Waals surface area contributed by atoms with Crippen LogP contribution in [0.25, 0.3) is 0 Å². The number of carbonyl (C=O) groups excluding carboxylic acids is 2. The van der Waals surface area contributed by atoms with Crippen LogP contribution in [-0.4, -0.2) is 65.3 Å². The minimum absolute atomic E-state index is 0.0712. The molecule has 0 atom stereocenters. The molecule has 2 amide bonds. The van der Waals surface area contributed by atoms with E-state index in [0.29, 0.717) is 0 Å². The Morgan fingerprint density at radius 2 is 1.38 bits per heavy atom. The average Bonchev–Trinajstić information content (AvgIpc) is 2.53. The molecule has 10 heteroatoms. The third-order valence-corrected chi connectivity index (χ3v) is 3.74. The van der Waals surface area contributed by atoms with Crippen molar-refractivity contribution >= 4 is 21.9 Å². The smallest absolute Gasteiger partial charge is 0.294 e. The Hall–Kier alpha value is -2.01. The number of hydrogen-bond donors (Lipinski definition) is 3. The lowest BCUT2D eigenvalue weighted by molar-refractivity contribution is 0.0936. The molecule has 0 heterocycles. The van der Waals surface area contributed by atoms with Gasteiger partial charge in [-0.05, 0) is 18.2 Å². The van der Waals surface area contributed by atoms with Gasteiger partial charge in [0, 0.05) is 38.4 Å². The molecule has 0 radical (unpaired) electrons. The summed E-state index contributed by atoms with van der Waals surface area (Å²) in [6.07, 6.45) is 0. The zero-order chi connectivity index (χ0) is 18.2. The Morgan fingerprint density at radius 3 is 1.71 bits per heavy atom. The molecular formula is C14H20N2O7S. The lowest BCUT2D eigenvalue weighted by Crippen LogP contribution is -2.29. The zero-order valence-electron chi connectivity index (χ0n) is 13.4. The number of methoxy groups -OCH3 is 2. The molecule has 0 unspecified atom stereocenters. The van der Waals surface area contributed by atoms with E-state index in [-0.39, 0.29) is 37.4 Å². The van der Waals surface area contributed by atoms with Gasteiger partial charge in [-0.2, -0.15) is 8.42 Å². The van der Waals surface area contributed by atoms with E-state index in [1.54, 1.807) is 0 Å². The van der Waals surface area contributed by atoms with Gasteiger partial charge in [0.2, 0.25) is 0 Å². The molecule has 1 aromatic carbocycles. The Bertz CT molecular complexity index is 648. The lowest BCUT2D eigenvalue weighted by Gasteiger charge is -2.10. The first-order valence-corrected chi connectivity index (χ1v) is 8.40. The van der Waals surface area contributed by atoms with Crippen LogP contribution < -0.4 is 10.6 Å². The molecule has 0 aliphatic carbocycles. The highest BCUT2D eigenvalue weighted by atomic mass is 32.2. The van der Waals surface area contributed by atoms with Gasteiger partial charge in [-0.1, -0.05) is 0 Å². The fourth-order valence-corrected chi connectivity index (χ4v) is 2.30. The molecule has 1 rings (SSSR count). The highest BCUT2D eigenvalue weighted by molar-refractivity contribution is 7.85. The van der Waals surface area contributed by atoms with Crippen molar-refractivity contribution < 1.29 is 32.0 Å². The summed E-state index contributed by atoms with van der Waals surface area (Å²) in [7, 11) is -1.64. The Morgan fingerprint density at radius 1 is 0.958 bits per heavy atom. The van der Waals surface area contributed by atoms with Crippen LogP contribution in [0.15, 0.2) is 23.1 Å². The lowest BCUT2D eigenvalue weighted by atomic mass is 10.1. The molecule has 0 aromatic heterocycles. The van der Waals surface area contributed by atoms with E-state index in [4.69, 9.17) is 9.47 Å². The van der Waals surface area contributed by atoms with Gasteiger partial charge in [0.1, 0.15) is 0 Å². The van der Waals surface area contributed by atoms with Crippen LogP contribution in [0.4, 0.5) is 0 Å². The fourth-order valence-electron chi connectivity index (χ4n) is 1.75. The number of hydrogen-bond acceptors (Lipinski definition) is 6. The number of rotatable bonds is 9.